The highest BCUT2D eigenvalue weighted by Crippen LogP contribution is 2.19. The third kappa shape index (κ3) is 0.944. The maximum Gasteiger partial charge on any atom is 0.0460 e. The summed E-state index contributed by atoms with van der Waals surface area (Å²) >= 11 is 0. The van der Waals surface area contributed by atoms with Crippen LogP contribution in [-0.4, -0.2) is 4.98 Å². The molecule has 0 amide bonds. The smallest absolute Gasteiger partial charge is 0.0460 e. The van der Waals surface area contributed by atoms with Crippen molar-refractivity contribution in [2.45, 2.75) is 6.92 Å². The maximum atomic E-state index is 3.76. The van der Waals surface area contributed by atoms with Gasteiger partial charge in [0, 0.05) is 17.1 Å². The quantitative estimate of drug-likeness (QED) is 0.654. The highest BCUT2D eigenvalue weighted by molar-refractivity contribution is 5.88. The molecule has 1 heteroatoms. The van der Waals surface area contributed by atoms with E-state index in [4.69, 9.17) is 0 Å². The molecule has 0 atom stereocenters. The summed E-state index contributed by atoms with van der Waals surface area (Å²) in [4.78, 5) is 3.20. The molecule has 60 valence electrons. The van der Waals surface area contributed by atoms with Gasteiger partial charge in [-0.15, -0.1) is 0 Å². The van der Waals surface area contributed by atoms with Crippen LogP contribution >= 0.6 is 0 Å². The Bertz CT molecular complexity index is 423. The molecule has 2 aromatic rings. The first-order valence-corrected chi connectivity index (χ1v) is 4.01. The molecule has 1 nitrogen and oxygen atoms in total. The fraction of sp³-hybridized carbons (Fsp3) is 0.0909. The lowest BCUT2D eigenvalue weighted by molar-refractivity contribution is 1.45. The van der Waals surface area contributed by atoms with Crippen molar-refractivity contribution in [3.05, 3.63) is 42.1 Å². The average molecular weight is 157 g/mol. The van der Waals surface area contributed by atoms with Crippen molar-refractivity contribution in [2.24, 2.45) is 0 Å². The van der Waals surface area contributed by atoms with Crippen molar-refractivity contribution in [1.82, 2.24) is 4.98 Å². The van der Waals surface area contributed by atoms with E-state index in [0.717, 1.165) is 0 Å². The van der Waals surface area contributed by atoms with Crippen molar-refractivity contribution in [2.75, 3.05) is 0 Å². The molecule has 0 saturated heterocycles. The number of hydrogen-bond acceptors (Lipinski definition) is 0. The van der Waals surface area contributed by atoms with Crippen LogP contribution in [0.15, 0.2) is 31.0 Å². The molecule has 0 aliphatic heterocycles. The van der Waals surface area contributed by atoms with Crippen LogP contribution < -0.4 is 0 Å². The Kier molecular flexibility index (Phi) is 1.51. The van der Waals surface area contributed by atoms with E-state index in [1.165, 1.54) is 22.0 Å². The van der Waals surface area contributed by atoms with Crippen LogP contribution in [0.4, 0.5) is 0 Å². The number of aromatic nitrogens is 1. The van der Waals surface area contributed by atoms with Gasteiger partial charge in [0.25, 0.3) is 0 Å². The second kappa shape index (κ2) is 2.52. The molecule has 0 fully saturated rings. The van der Waals surface area contributed by atoms with Gasteiger partial charge in [-0.3, -0.25) is 0 Å². The van der Waals surface area contributed by atoms with E-state index in [1.54, 1.807) is 0 Å². The molecule has 2 rings (SSSR count). The van der Waals surface area contributed by atoms with Gasteiger partial charge in [0.1, 0.15) is 0 Å². The molecule has 0 radical (unpaired) electrons. The standard InChI is InChI=1S/C11H11N/c1-3-9-7-12-11-5-4-8(2)6-10(9)11/h3-7,12H,1H2,2H3. The normalized spacial score (nSPS) is 10.4. The van der Waals surface area contributed by atoms with E-state index in [9.17, 15) is 0 Å². The van der Waals surface area contributed by atoms with E-state index in [-0.39, 0.29) is 0 Å². The SMILES string of the molecule is C=Cc1c[nH]c2ccc(C)cc12. The third-order valence-electron chi connectivity index (χ3n) is 2.09. The largest absolute Gasteiger partial charge is 0.361 e. The summed E-state index contributed by atoms with van der Waals surface area (Å²) in [5, 5.41) is 1.25. The van der Waals surface area contributed by atoms with Gasteiger partial charge >= 0.3 is 0 Å². The Labute approximate surface area is 71.7 Å². The highest BCUT2D eigenvalue weighted by Gasteiger charge is 1.98. The number of nitrogens with one attached hydrogen (secondary N) is 1. The minimum atomic E-state index is 1.17. The zero-order valence-corrected chi connectivity index (χ0v) is 7.09. The molecule has 0 spiro atoms. The zero-order chi connectivity index (χ0) is 8.55. The molecule has 0 bridgehead atoms. The van der Waals surface area contributed by atoms with Crippen molar-refractivity contribution >= 4 is 17.0 Å². The molecule has 1 N–H and O–H groups in total. The fourth-order valence-corrected chi connectivity index (χ4v) is 1.42. The van der Waals surface area contributed by atoms with Gasteiger partial charge in [-0.25, -0.2) is 0 Å². The molecule has 1 aromatic carbocycles. The van der Waals surface area contributed by atoms with Crippen LogP contribution in [0.25, 0.3) is 17.0 Å². The number of hydrogen-bond donors (Lipinski definition) is 1. The molecule has 0 unspecified atom stereocenters. The second-order valence-corrected chi connectivity index (χ2v) is 3.00. The molecule has 12 heavy (non-hydrogen) atoms. The van der Waals surface area contributed by atoms with Crippen LogP contribution in [0.1, 0.15) is 11.1 Å². The first kappa shape index (κ1) is 7.17. The fourth-order valence-electron chi connectivity index (χ4n) is 1.42. The lowest BCUT2D eigenvalue weighted by atomic mass is 10.1. The number of rotatable bonds is 1. The monoisotopic (exact) mass is 157 g/mol. The summed E-state index contributed by atoms with van der Waals surface area (Å²) in [6, 6.07) is 6.37. The van der Waals surface area contributed by atoms with Gasteiger partial charge in [-0.1, -0.05) is 24.3 Å². The highest BCUT2D eigenvalue weighted by atomic mass is 14.7. The zero-order valence-electron chi connectivity index (χ0n) is 7.09. The van der Waals surface area contributed by atoms with Gasteiger partial charge in [0.15, 0.2) is 0 Å². The summed E-state index contributed by atoms with van der Waals surface area (Å²) in [7, 11) is 0. The third-order valence-corrected chi connectivity index (χ3v) is 2.09. The van der Waals surface area contributed by atoms with Crippen molar-refractivity contribution < 1.29 is 0 Å². The van der Waals surface area contributed by atoms with Crippen LogP contribution in [0.3, 0.4) is 0 Å². The maximum absolute atomic E-state index is 3.76. The van der Waals surface area contributed by atoms with Crippen molar-refractivity contribution in [3.8, 4) is 0 Å². The van der Waals surface area contributed by atoms with E-state index < -0.39 is 0 Å². The van der Waals surface area contributed by atoms with E-state index in [1.807, 2.05) is 12.3 Å². The number of benzene rings is 1. The predicted octanol–water partition coefficient (Wildman–Crippen LogP) is 3.12. The lowest BCUT2D eigenvalue weighted by Crippen LogP contribution is -1.72. The minimum absolute atomic E-state index is 1.17. The van der Waals surface area contributed by atoms with E-state index >= 15 is 0 Å². The van der Waals surface area contributed by atoms with Crippen LogP contribution in [-0.2, 0) is 0 Å². The molecule has 0 aliphatic rings. The van der Waals surface area contributed by atoms with Crippen LogP contribution in [0.2, 0.25) is 0 Å². The Morgan fingerprint density at radius 3 is 3.00 bits per heavy atom. The van der Waals surface area contributed by atoms with Crippen molar-refractivity contribution in [3.63, 3.8) is 0 Å². The van der Waals surface area contributed by atoms with E-state index in [0.29, 0.717) is 0 Å². The summed E-state index contributed by atoms with van der Waals surface area (Å²) in [6.45, 7) is 5.86. The lowest BCUT2D eigenvalue weighted by Gasteiger charge is -1.93. The van der Waals surface area contributed by atoms with Gasteiger partial charge < -0.3 is 4.98 Å². The van der Waals surface area contributed by atoms with Gasteiger partial charge in [0.05, 0.1) is 0 Å². The van der Waals surface area contributed by atoms with Crippen LogP contribution in [0, 0.1) is 6.92 Å². The van der Waals surface area contributed by atoms with Gasteiger partial charge in [0.2, 0.25) is 0 Å². The number of aromatic amines is 1. The van der Waals surface area contributed by atoms with E-state index in [2.05, 4.69) is 36.7 Å². The Morgan fingerprint density at radius 2 is 2.25 bits per heavy atom. The first-order valence-electron chi connectivity index (χ1n) is 4.01. The van der Waals surface area contributed by atoms with Crippen LogP contribution in [0.5, 0.6) is 0 Å². The number of aryl methyl sites for hydroxylation is 1. The molecule has 1 heterocycles. The molecule has 0 saturated carbocycles. The molecular weight excluding hydrogens is 146 g/mol. The summed E-state index contributed by atoms with van der Waals surface area (Å²) in [6.07, 6.45) is 3.86. The predicted molar refractivity (Wildman–Crippen MR) is 53.1 cm³/mol. The summed E-state index contributed by atoms with van der Waals surface area (Å²) < 4.78 is 0. The minimum Gasteiger partial charge on any atom is -0.361 e. The first-order chi connectivity index (χ1) is 5.81. The summed E-state index contributed by atoms with van der Waals surface area (Å²) in [5.41, 5.74) is 3.63. The summed E-state index contributed by atoms with van der Waals surface area (Å²) in [5.74, 6) is 0. The van der Waals surface area contributed by atoms with Gasteiger partial charge in [-0.05, 0) is 24.6 Å². The Morgan fingerprint density at radius 1 is 1.42 bits per heavy atom. The van der Waals surface area contributed by atoms with Gasteiger partial charge in [-0.2, -0.15) is 0 Å². The topological polar surface area (TPSA) is 15.8 Å². The number of H-pyrrole nitrogens is 1. The molecular formula is C11H11N. The molecule has 0 aliphatic carbocycles. The average Bonchev–Trinajstić information content (AvgIpc) is 2.46. The molecule has 1 aromatic heterocycles. The Balaban J connectivity index is 2.83. The second-order valence-electron chi connectivity index (χ2n) is 3.00. The van der Waals surface area contributed by atoms with Crippen molar-refractivity contribution in [1.29, 1.82) is 0 Å². The number of fused-ring (bicyclic) bond motifs is 1. The Hall–Kier alpha value is -1.50.